The summed E-state index contributed by atoms with van der Waals surface area (Å²) >= 11 is 0. The van der Waals surface area contributed by atoms with Crippen LogP contribution in [0.4, 0.5) is 28.4 Å². The molecule has 6 nitrogen and oxygen atoms in total. The van der Waals surface area contributed by atoms with E-state index in [0.29, 0.717) is 17.1 Å². The maximum absolute atomic E-state index is 5.41. The Labute approximate surface area is 158 Å². The Morgan fingerprint density at radius 3 is 1.93 bits per heavy atom. The summed E-state index contributed by atoms with van der Waals surface area (Å²) in [5.74, 6) is 0.592. The minimum atomic E-state index is 0.592. The lowest BCUT2D eigenvalue weighted by Crippen LogP contribution is -2.07. The van der Waals surface area contributed by atoms with E-state index in [0.717, 1.165) is 17.1 Å². The van der Waals surface area contributed by atoms with Gasteiger partial charge in [-0.05, 0) is 48.5 Å². The van der Waals surface area contributed by atoms with E-state index in [9.17, 15) is 0 Å². The van der Waals surface area contributed by atoms with Gasteiger partial charge in [0.15, 0.2) is 0 Å². The van der Waals surface area contributed by atoms with Gasteiger partial charge in [0.1, 0.15) is 11.4 Å². The van der Waals surface area contributed by atoms with Gasteiger partial charge in [0, 0.05) is 25.8 Å². The number of hydrogen-bond acceptors (Lipinski definition) is 6. The Balaban J connectivity index is 1.76. The summed E-state index contributed by atoms with van der Waals surface area (Å²) in [4.78, 5) is 2.04. The summed E-state index contributed by atoms with van der Waals surface area (Å²) in [5.41, 5.74) is 4.00. The topological polar surface area (TPSA) is 61.9 Å². The Bertz CT molecular complexity index is 935. The molecule has 3 rings (SSSR count). The van der Waals surface area contributed by atoms with Gasteiger partial charge in [-0.3, -0.25) is 0 Å². The quantitative estimate of drug-likeness (QED) is 0.466. The monoisotopic (exact) mass is 359 g/mol. The minimum absolute atomic E-state index is 0.592. The van der Waals surface area contributed by atoms with E-state index < -0.39 is 0 Å². The molecule has 0 N–H and O–H groups in total. The van der Waals surface area contributed by atoms with Crippen molar-refractivity contribution in [2.45, 2.75) is 0 Å². The predicted molar refractivity (Wildman–Crippen MR) is 109 cm³/mol. The van der Waals surface area contributed by atoms with E-state index in [1.54, 1.807) is 13.2 Å². The van der Waals surface area contributed by atoms with Crippen LogP contribution in [0.2, 0.25) is 0 Å². The van der Waals surface area contributed by atoms with E-state index in [4.69, 9.17) is 4.74 Å². The highest BCUT2D eigenvalue weighted by molar-refractivity contribution is 5.59. The third-order valence-corrected chi connectivity index (χ3v) is 3.84. The predicted octanol–water partition coefficient (Wildman–Crippen LogP) is 6.59. The van der Waals surface area contributed by atoms with Crippen molar-refractivity contribution in [2.75, 3.05) is 26.1 Å². The molecule has 3 aromatic rings. The Kier molecular flexibility index (Phi) is 5.89. The number of anilines is 1. The summed E-state index contributed by atoms with van der Waals surface area (Å²) in [6, 6.07) is 22.8. The molecule has 0 amide bonds. The standard InChI is InChI=1S/C21H21N5O/c1-26(2)19-12-9-17(10-13-19)22-24-18-11-14-20(21(15-18)27-3)25-23-16-7-5-4-6-8-16/h4-15H,1-3H3. The van der Waals surface area contributed by atoms with Crippen LogP contribution in [0.5, 0.6) is 5.75 Å². The molecule has 0 bridgehead atoms. The van der Waals surface area contributed by atoms with Crippen molar-refractivity contribution in [3.63, 3.8) is 0 Å². The lowest BCUT2D eigenvalue weighted by atomic mass is 10.2. The minimum Gasteiger partial charge on any atom is -0.494 e. The van der Waals surface area contributed by atoms with Crippen LogP contribution in [0, 0.1) is 0 Å². The summed E-state index contributed by atoms with van der Waals surface area (Å²) in [7, 11) is 5.59. The fourth-order valence-electron chi connectivity index (χ4n) is 2.35. The fourth-order valence-corrected chi connectivity index (χ4v) is 2.35. The number of ether oxygens (including phenoxy) is 1. The van der Waals surface area contributed by atoms with Crippen molar-refractivity contribution >= 4 is 28.4 Å². The van der Waals surface area contributed by atoms with Gasteiger partial charge < -0.3 is 9.64 Å². The molecule has 0 saturated heterocycles. The summed E-state index contributed by atoms with van der Waals surface area (Å²) in [6.07, 6.45) is 0. The highest BCUT2D eigenvalue weighted by atomic mass is 16.5. The Morgan fingerprint density at radius 1 is 0.667 bits per heavy atom. The molecule has 136 valence electrons. The van der Waals surface area contributed by atoms with E-state index in [1.165, 1.54) is 0 Å². The van der Waals surface area contributed by atoms with E-state index in [1.807, 2.05) is 85.7 Å². The maximum atomic E-state index is 5.41. The first kappa shape index (κ1) is 18.3. The Hall–Kier alpha value is -3.54. The van der Waals surface area contributed by atoms with Crippen LogP contribution in [-0.4, -0.2) is 21.2 Å². The molecule has 0 radical (unpaired) electrons. The second-order valence-electron chi connectivity index (χ2n) is 6.00. The van der Waals surface area contributed by atoms with E-state index in [-0.39, 0.29) is 0 Å². The average Bonchev–Trinajstić information content (AvgIpc) is 2.72. The fraction of sp³-hybridized carbons (Fsp3) is 0.143. The van der Waals surface area contributed by atoms with Gasteiger partial charge in [0.2, 0.25) is 0 Å². The zero-order valence-electron chi connectivity index (χ0n) is 15.6. The van der Waals surface area contributed by atoms with Crippen molar-refractivity contribution in [3.8, 4) is 5.75 Å². The summed E-state index contributed by atoms with van der Waals surface area (Å²) in [5, 5.41) is 17.0. The van der Waals surface area contributed by atoms with Gasteiger partial charge in [-0.1, -0.05) is 18.2 Å². The van der Waals surface area contributed by atoms with Crippen LogP contribution in [-0.2, 0) is 0 Å². The van der Waals surface area contributed by atoms with Gasteiger partial charge in [-0.25, -0.2) is 0 Å². The number of nitrogens with zero attached hydrogens (tertiary/aromatic N) is 5. The van der Waals surface area contributed by atoms with Crippen LogP contribution < -0.4 is 9.64 Å². The van der Waals surface area contributed by atoms with Gasteiger partial charge in [0.25, 0.3) is 0 Å². The SMILES string of the molecule is COc1cc(N=Nc2ccc(N(C)C)cc2)ccc1N=Nc1ccccc1. The van der Waals surface area contributed by atoms with Crippen LogP contribution in [0.25, 0.3) is 0 Å². The molecule has 3 aromatic carbocycles. The highest BCUT2D eigenvalue weighted by Gasteiger charge is 2.04. The number of methoxy groups -OCH3 is 1. The van der Waals surface area contributed by atoms with Crippen molar-refractivity contribution < 1.29 is 4.74 Å². The lowest BCUT2D eigenvalue weighted by molar-refractivity contribution is 0.416. The van der Waals surface area contributed by atoms with Gasteiger partial charge in [-0.2, -0.15) is 15.3 Å². The van der Waals surface area contributed by atoms with Crippen molar-refractivity contribution in [3.05, 3.63) is 72.8 Å². The molecule has 0 aliphatic carbocycles. The molecule has 6 heteroatoms. The Morgan fingerprint density at radius 2 is 1.26 bits per heavy atom. The molecule has 27 heavy (non-hydrogen) atoms. The lowest BCUT2D eigenvalue weighted by Gasteiger charge is -2.11. The normalized spacial score (nSPS) is 11.2. The van der Waals surface area contributed by atoms with Gasteiger partial charge in [0.05, 0.1) is 24.2 Å². The third-order valence-electron chi connectivity index (χ3n) is 3.84. The molecule has 0 atom stereocenters. The van der Waals surface area contributed by atoms with Crippen LogP contribution in [0.15, 0.2) is 93.3 Å². The molecule has 0 saturated carbocycles. The van der Waals surface area contributed by atoms with Crippen LogP contribution in [0.1, 0.15) is 0 Å². The molecule has 0 aliphatic heterocycles. The smallest absolute Gasteiger partial charge is 0.148 e. The number of rotatable bonds is 6. The second kappa shape index (κ2) is 8.71. The molecule has 0 aliphatic rings. The number of hydrogen-bond donors (Lipinski definition) is 0. The first-order chi connectivity index (χ1) is 13.2. The first-order valence-corrected chi connectivity index (χ1v) is 8.49. The summed E-state index contributed by atoms with van der Waals surface area (Å²) in [6.45, 7) is 0. The first-order valence-electron chi connectivity index (χ1n) is 8.49. The number of benzene rings is 3. The molecule has 0 heterocycles. The molecule has 0 unspecified atom stereocenters. The van der Waals surface area contributed by atoms with Gasteiger partial charge >= 0.3 is 0 Å². The third kappa shape index (κ3) is 4.98. The number of azo groups is 2. The molecular weight excluding hydrogens is 338 g/mol. The van der Waals surface area contributed by atoms with Crippen LogP contribution in [0.3, 0.4) is 0 Å². The molecule has 0 aromatic heterocycles. The molecule has 0 spiro atoms. The second-order valence-corrected chi connectivity index (χ2v) is 6.00. The highest BCUT2D eigenvalue weighted by Crippen LogP contribution is 2.33. The maximum Gasteiger partial charge on any atom is 0.148 e. The van der Waals surface area contributed by atoms with Crippen molar-refractivity contribution in [1.82, 2.24) is 0 Å². The zero-order chi connectivity index (χ0) is 19.1. The van der Waals surface area contributed by atoms with E-state index in [2.05, 4.69) is 20.5 Å². The average molecular weight is 359 g/mol. The molecular formula is C21H21N5O. The van der Waals surface area contributed by atoms with Gasteiger partial charge in [-0.15, -0.1) is 5.11 Å². The molecule has 0 fully saturated rings. The van der Waals surface area contributed by atoms with E-state index >= 15 is 0 Å². The zero-order valence-corrected chi connectivity index (χ0v) is 15.6. The summed E-state index contributed by atoms with van der Waals surface area (Å²) < 4.78 is 5.41. The van der Waals surface area contributed by atoms with Crippen molar-refractivity contribution in [2.24, 2.45) is 20.5 Å². The van der Waals surface area contributed by atoms with Crippen LogP contribution >= 0.6 is 0 Å². The van der Waals surface area contributed by atoms with Crippen molar-refractivity contribution in [1.29, 1.82) is 0 Å². The largest absolute Gasteiger partial charge is 0.494 e.